The first kappa shape index (κ1) is 40.3. The van der Waals surface area contributed by atoms with Gasteiger partial charge in [0.1, 0.15) is 80.4 Å². The van der Waals surface area contributed by atoms with Crippen LogP contribution in [0.5, 0.6) is 0 Å². The summed E-state index contributed by atoms with van der Waals surface area (Å²) in [6, 6.07) is 0. The molecule has 0 aromatic carbocycles. The van der Waals surface area contributed by atoms with Gasteiger partial charge in [-0.25, -0.2) is 0 Å². The third kappa shape index (κ3) is 10.2. The summed E-state index contributed by atoms with van der Waals surface area (Å²) in [6.45, 7) is -1.11. The number of unbranched alkanes of at least 4 members (excludes halogenated alkanes) is 8. The fourth-order valence-corrected chi connectivity index (χ4v) is 5.94. The lowest BCUT2D eigenvalue weighted by Crippen LogP contribution is -2.64. The molecular weight excluding hydrogens is 632 g/mol. The van der Waals surface area contributed by atoms with Crippen LogP contribution in [0.15, 0.2) is 0 Å². The maximum Gasteiger partial charge on any atom is 0.305 e. The van der Waals surface area contributed by atoms with Crippen LogP contribution in [0.4, 0.5) is 0 Å². The topological polar surface area (TPSA) is 275 Å². The van der Waals surface area contributed by atoms with E-state index in [0.717, 1.165) is 25.7 Å². The zero-order valence-corrected chi connectivity index (χ0v) is 26.7. The van der Waals surface area contributed by atoms with Crippen molar-refractivity contribution in [2.45, 2.75) is 157 Å². The minimum Gasteiger partial charge on any atom is -0.463 e. The molecule has 0 aliphatic carbocycles. The van der Waals surface area contributed by atoms with E-state index in [1.165, 1.54) is 25.7 Å². The molecule has 0 radical (unpaired) electrons. The molecule has 0 aromatic rings. The number of esters is 1. The van der Waals surface area contributed by atoms with Crippen molar-refractivity contribution in [1.82, 2.24) is 0 Å². The summed E-state index contributed by atoms with van der Waals surface area (Å²) >= 11 is 0. The first-order valence-corrected chi connectivity index (χ1v) is 16.5. The molecule has 17 heteroatoms. The Balaban J connectivity index is 1.62. The standard InChI is InChI=1S/C30H54O17/c1-2-3-4-5-6-7-8-9-10-11-19(34)42-14-18-21(36)24(39)26(41)29(44-18)47-30(15-33)27(22(37)17(13-32)46-30)45-28-25(40)23(38)20(35)16(12-31)43-28/h16-18,20-29,31-33,35-41H,2-15H2,1H3/t16-,17-,18-,20-,21-,22-,23+,24+,25-,26-,27+,28-,29-,30+/m1/s1. The lowest BCUT2D eigenvalue weighted by Gasteiger charge is -2.45. The Morgan fingerprint density at radius 1 is 0.638 bits per heavy atom. The van der Waals surface area contributed by atoms with E-state index in [1.54, 1.807) is 0 Å². The smallest absolute Gasteiger partial charge is 0.305 e. The molecule has 17 nitrogen and oxygen atoms in total. The summed E-state index contributed by atoms with van der Waals surface area (Å²) in [5.41, 5.74) is 0. The van der Waals surface area contributed by atoms with Gasteiger partial charge in [0.15, 0.2) is 12.6 Å². The molecule has 3 heterocycles. The number of aliphatic hydroxyl groups is 10. The number of aliphatic hydroxyl groups excluding tert-OH is 10. The van der Waals surface area contributed by atoms with Gasteiger partial charge in [-0.15, -0.1) is 0 Å². The second-order valence-electron chi connectivity index (χ2n) is 12.4. The summed E-state index contributed by atoms with van der Waals surface area (Å²) in [5.74, 6) is -3.04. The van der Waals surface area contributed by atoms with Crippen LogP contribution in [-0.4, -0.2) is 169 Å². The Kier molecular flexibility index (Phi) is 16.6. The first-order valence-electron chi connectivity index (χ1n) is 16.5. The highest BCUT2D eigenvalue weighted by molar-refractivity contribution is 5.69. The van der Waals surface area contributed by atoms with E-state index in [-0.39, 0.29) is 6.42 Å². The molecule has 0 bridgehead atoms. The maximum absolute atomic E-state index is 12.4. The number of hydrogen-bond acceptors (Lipinski definition) is 17. The van der Waals surface area contributed by atoms with Crippen molar-refractivity contribution in [3.8, 4) is 0 Å². The Morgan fingerprint density at radius 2 is 1.17 bits per heavy atom. The average molecular weight is 687 g/mol. The third-order valence-electron chi connectivity index (χ3n) is 8.88. The van der Waals surface area contributed by atoms with Gasteiger partial charge < -0.3 is 79.5 Å². The van der Waals surface area contributed by atoms with Gasteiger partial charge in [0.05, 0.1) is 13.2 Å². The van der Waals surface area contributed by atoms with Crippen molar-refractivity contribution in [2.24, 2.45) is 0 Å². The van der Waals surface area contributed by atoms with Gasteiger partial charge >= 0.3 is 5.97 Å². The summed E-state index contributed by atoms with van der Waals surface area (Å²) in [7, 11) is 0. The number of rotatable bonds is 19. The highest BCUT2D eigenvalue weighted by Crippen LogP contribution is 2.39. The Morgan fingerprint density at radius 3 is 1.74 bits per heavy atom. The summed E-state index contributed by atoms with van der Waals surface area (Å²) in [6.07, 6.45) is -13.0. The van der Waals surface area contributed by atoms with Crippen molar-refractivity contribution in [3.63, 3.8) is 0 Å². The number of carbonyl (C=O) groups excluding carboxylic acids is 1. The molecule has 0 unspecified atom stereocenters. The van der Waals surface area contributed by atoms with Crippen molar-refractivity contribution in [3.05, 3.63) is 0 Å². The molecule has 0 amide bonds. The van der Waals surface area contributed by atoms with Crippen LogP contribution in [0, 0.1) is 0 Å². The van der Waals surface area contributed by atoms with E-state index < -0.39 is 118 Å². The van der Waals surface area contributed by atoms with Gasteiger partial charge in [0.2, 0.25) is 5.79 Å². The molecule has 10 N–H and O–H groups in total. The van der Waals surface area contributed by atoms with Crippen LogP contribution < -0.4 is 0 Å². The van der Waals surface area contributed by atoms with Crippen LogP contribution in [0.25, 0.3) is 0 Å². The predicted octanol–water partition coefficient (Wildman–Crippen LogP) is -3.10. The molecule has 3 aliphatic heterocycles. The molecular formula is C30H54O17. The zero-order valence-electron chi connectivity index (χ0n) is 26.7. The highest BCUT2D eigenvalue weighted by atomic mass is 16.8. The normalized spacial score (nSPS) is 40.9. The van der Waals surface area contributed by atoms with Crippen molar-refractivity contribution in [2.75, 3.05) is 26.4 Å². The van der Waals surface area contributed by atoms with E-state index >= 15 is 0 Å². The van der Waals surface area contributed by atoms with E-state index in [2.05, 4.69) is 6.92 Å². The van der Waals surface area contributed by atoms with Gasteiger partial charge in [0.25, 0.3) is 0 Å². The minimum atomic E-state index is -2.48. The van der Waals surface area contributed by atoms with E-state index in [4.69, 9.17) is 28.4 Å². The van der Waals surface area contributed by atoms with E-state index in [1.807, 2.05) is 0 Å². The first-order chi connectivity index (χ1) is 22.4. The van der Waals surface area contributed by atoms with Crippen molar-refractivity contribution >= 4 is 5.97 Å². The number of hydrogen-bond donors (Lipinski definition) is 10. The van der Waals surface area contributed by atoms with Crippen molar-refractivity contribution in [1.29, 1.82) is 0 Å². The predicted molar refractivity (Wildman–Crippen MR) is 157 cm³/mol. The van der Waals surface area contributed by atoms with Gasteiger partial charge in [-0.3, -0.25) is 4.79 Å². The second kappa shape index (κ2) is 19.3. The van der Waals surface area contributed by atoms with Crippen LogP contribution >= 0.6 is 0 Å². The summed E-state index contributed by atoms with van der Waals surface area (Å²) in [5, 5.41) is 103. The molecule has 3 aliphatic rings. The fourth-order valence-electron chi connectivity index (χ4n) is 5.94. The lowest BCUT2D eigenvalue weighted by atomic mass is 9.98. The highest BCUT2D eigenvalue weighted by Gasteiger charge is 2.61. The fraction of sp³-hybridized carbons (Fsp3) is 0.967. The van der Waals surface area contributed by atoms with Crippen LogP contribution in [0.2, 0.25) is 0 Å². The Bertz CT molecular complexity index is 912. The quantitative estimate of drug-likeness (QED) is 0.0476. The van der Waals surface area contributed by atoms with Crippen LogP contribution in [-0.2, 0) is 33.2 Å². The van der Waals surface area contributed by atoms with Gasteiger partial charge in [-0.05, 0) is 6.42 Å². The van der Waals surface area contributed by atoms with Crippen LogP contribution in [0.3, 0.4) is 0 Å². The molecule has 3 rings (SSSR count). The molecule has 0 saturated carbocycles. The number of carbonyl (C=O) groups is 1. The molecule has 276 valence electrons. The molecule has 0 aromatic heterocycles. The summed E-state index contributed by atoms with van der Waals surface area (Å²) in [4.78, 5) is 12.4. The minimum absolute atomic E-state index is 0.128. The average Bonchev–Trinajstić information content (AvgIpc) is 3.33. The lowest BCUT2D eigenvalue weighted by molar-refractivity contribution is -0.400. The molecule has 47 heavy (non-hydrogen) atoms. The number of ether oxygens (including phenoxy) is 6. The van der Waals surface area contributed by atoms with Crippen molar-refractivity contribution < 1.29 is 84.3 Å². The van der Waals surface area contributed by atoms with E-state index in [9.17, 15) is 55.9 Å². The molecule has 3 saturated heterocycles. The van der Waals surface area contributed by atoms with Gasteiger partial charge in [0, 0.05) is 6.42 Å². The molecule has 3 fully saturated rings. The maximum atomic E-state index is 12.4. The van der Waals surface area contributed by atoms with E-state index in [0.29, 0.717) is 6.42 Å². The Labute approximate surface area is 273 Å². The third-order valence-corrected chi connectivity index (χ3v) is 8.88. The molecule has 0 spiro atoms. The largest absolute Gasteiger partial charge is 0.463 e. The van der Waals surface area contributed by atoms with Gasteiger partial charge in [-0.1, -0.05) is 58.3 Å². The van der Waals surface area contributed by atoms with Crippen LogP contribution in [0.1, 0.15) is 71.1 Å². The second-order valence-corrected chi connectivity index (χ2v) is 12.4. The SMILES string of the molecule is CCCCCCCCCCCC(=O)OC[C@H]1O[C@H](O[C@]2(CO)O[C@H](CO)[C@@H](O)[C@@H]2O[C@H]2O[C@H](CO)[C@@H](O)[C@H](O)[C@H]2O)[C@H](O)[C@@H](O)[C@@H]1O. The van der Waals surface area contributed by atoms with Gasteiger partial charge in [-0.2, -0.15) is 0 Å². The summed E-state index contributed by atoms with van der Waals surface area (Å²) < 4.78 is 33.1. The molecule has 14 atom stereocenters. The monoisotopic (exact) mass is 686 g/mol. The Hall–Kier alpha value is -1.13. The zero-order chi connectivity index (χ0) is 34.7.